The summed E-state index contributed by atoms with van der Waals surface area (Å²) in [5, 5.41) is 9.98. The fourth-order valence-corrected chi connectivity index (χ4v) is 4.05. The first kappa shape index (κ1) is 24.5. The van der Waals surface area contributed by atoms with Gasteiger partial charge >= 0.3 is 12.8 Å². The van der Waals surface area contributed by atoms with Crippen LogP contribution in [-0.2, 0) is 12.7 Å². The van der Waals surface area contributed by atoms with Crippen LogP contribution in [0.15, 0.2) is 33.9 Å². The fourth-order valence-electron chi connectivity index (χ4n) is 3.71. The standard InChI is InChI=1S/C19H15BrF8N2O2/c1-29-16-12(32-17(22)23)4-9(19(26,27)28)7-30(16)6-8-5-18(24,25)15(31)13-10(8)2-3-11(20)14(13)21/h2-4,7-8,15,17,31H,5-6H2,1H3/b29-16-/t8-,15?/m0/s1. The van der Waals surface area contributed by atoms with Crippen molar-refractivity contribution in [3.63, 3.8) is 0 Å². The number of rotatable bonds is 4. The van der Waals surface area contributed by atoms with E-state index in [4.69, 9.17) is 0 Å². The molecule has 3 rings (SSSR count). The molecule has 0 saturated carbocycles. The third-order valence-electron chi connectivity index (χ3n) is 5.04. The second-order valence-electron chi connectivity index (χ2n) is 7.10. The number of pyridine rings is 1. The highest BCUT2D eigenvalue weighted by molar-refractivity contribution is 9.10. The number of halogens is 9. The van der Waals surface area contributed by atoms with Gasteiger partial charge in [-0.1, -0.05) is 6.07 Å². The van der Waals surface area contributed by atoms with Crippen molar-refractivity contribution in [3.8, 4) is 5.75 Å². The topological polar surface area (TPSA) is 46.8 Å². The molecule has 0 spiro atoms. The maximum absolute atomic E-state index is 14.5. The number of nitrogens with zero attached hydrogens (tertiary/aromatic N) is 2. The first-order valence-electron chi connectivity index (χ1n) is 8.99. The second-order valence-corrected chi connectivity index (χ2v) is 7.95. The van der Waals surface area contributed by atoms with E-state index in [1.165, 1.54) is 12.1 Å². The van der Waals surface area contributed by atoms with Crippen LogP contribution in [0.5, 0.6) is 5.75 Å². The summed E-state index contributed by atoms with van der Waals surface area (Å²) in [6.07, 6.45) is -7.93. The number of aromatic nitrogens is 1. The maximum Gasteiger partial charge on any atom is 0.417 e. The molecule has 1 N–H and O–H groups in total. The van der Waals surface area contributed by atoms with Gasteiger partial charge in [-0.15, -0.1) is 0 Å². The number of ether oxygens (including phenoxy) is 1. The van der Waals surface area contributed by atoms with Crippen LogP contribution in [0.1, 0.15) is 35.1 Å². The highest BCUT2D eigenvalue weighted by atomic mass is 79.9. The lowest BCUT2D eigenvalue weighted by molar-refractivity contribution is -0.138. The van der Waals surface area contributed by atoms with Gasteiger partial charge in [0.25, 0.3) is 5.92 Å². The lowest BCUT2D eigenvalue weighted by atomic mass is 9.78. The summed E-state index contributed by atoms with van der Waals surface area (Å²) < 4.78 is 114. The number of hydrogen-bond donors (Lipinski definition) is 1. The Morgan fingerprint density at radius 3 is 2.53 bits per heavy atom. The van der Waals surface area contributed by atoms with E-state index in [-0.39, 0.29) is 10.0 Å². The molecule has 1 aromatic carbocycles. The Hall–Kier alpha value is -2.15. The van der Waals surface area contributed by atoms with Gasteiger partial charge in [-0.2, -0.15) is 22.0 Å². The molecular formula is C19H15BrF8N2O2. The third-order valence-corrected chi connectivity index (χ3v) is 5.66. The molecule has 4 nitrogen and oxygen atoms in total. The van der Waals surface area contributed by atoms with Crippen molar-refractivity contribution in [2.24, 2.45) is 4.99 Å². The Bertz CT molecular complexity index is 1080. The average molecular weight is 535 g/mol. The van der Waals surface area contributed by atoms with E-state index in [2.05, 4.69) is 25.7 Å². The number of fused-ring (bicyclic) bond motifs is 1. The first-order chi connectivity index (χ1) is 14.8. The molecule has 1 aromatic heterocycles. The summed E-state index contributed by atoms with van der Waals surface area (Å²) in [4.78, 5) is 3.67. The molecule has 0 aliphatic heterocycles. The number of hydrogen-bond acceptors (Lipinski definition) is 3. The summed E-state index contributed by atoms with van der Waals surface area (Å²) in [6, 6.07) is 2.80. The molecule has 32 heavy (non-hydrogen) atoms. The largest absolute Gasteiger partial charge is 0.431 e. The van der Waals surface area contributed by atoms with Crippen molar-refractivity contribution in [1.29, 1.82) is 0 Å². The molecule has 1 unspecified atom stereocenters. The fraction of sp³-hybridized carbons (Fsp3) is 0.421. The van der Waals surface area contributed by atoms with Gasteiger partial charge in [-0.05, 0) is 33.6 Å². The second kappa shape index (κ2) is 8.65. The monoisotopic (exact) mass is 534 g/mol. The zero-order chi connectivity index (χ0) is 24.0. The lowest BCUT2D eigenvalue weighted by Crippen LogP contribution is -2.38. The molecular weight excluding hydrogens is 520 g/mol. The van der Waals surface area contributed by atoms with Crippen molar-refractivity contribution in [2.75, 3.05) is 7.05 Å². The van der Waals surface area contributed by atoms with Crippen LogP contribution in [0.4, 0.5) is 35.1 Å². The average Bonchev–Trinajstić information content (AvgIpc) is 2.66. The SMILES string of the molecule is C/N=c1/c(OC(F)F)cc(C(F)(F)F)cn1C[C@@H]1CC(F)(F)C(O)c2c1ccc(Br)c2F. The predicted molar refractivity (Wildman–Crippen MR) is 98.9 cm³/mol. The number of aliphatic hydroxyl groups excluding tert-OH is 1. The molecule has 2 atom stereocenters. The van der Waals surface area contributed by atoms with Gasteiger partial charge < -0.3 is 14.4 Å². The third kappa shape index (κ3) is 4.63. The van der Waals surface area contributed by atoms with E-state index in [1.54, 1.807) is 0 Å². The Morgan fingerprint density at radius 2 is 1.97 bits per heavy atom. The molecule has 13 heteroatoms. The quantitative estimate of drug-likeness (QED) is 0.534. The summed E-state index contributed by atoms with van der Waals surface area (Å²) in [5.41, 5.74) is -2.56. The van der Waals surface area contributed by atoms with Gasteiger partial charge in [0.2, 0.25) is 0 Å². The summed E-state index contributed by atoms with van der Waals surface area (Å²) in [5.74, 6) is -7.11. The van der Waals surface area contributed by atoms with Crippen LogP contribution in [0, 0.1) is 5.82 Å². The molecule has 176 valence electrons. The van der Waals surface area contributed by atoms with Gasteiger partial charge in [-0.3, -0.25) is 4.99 Å². The van der Waals surface area contributed by atoms with Crippen molar-refractivity contribution < 1.29 is 45.0 Å². The molecule has 0 fully saturated rings. The van der Waals surface area contributed by atoms with Crippen molar-refractivity contribution in [1.82, 2.24) is 4.57 Å². The van der Waals surface area contributed by atoms with Crippen LogP contribution in [0.3, 0.4) is 0 Å². The maximum atomic E-state index is 14.5. The highest BCUT2D eigenvalue weighted by Gasteiger charge is 2.49. The van der Waals surface area contributed by atoms with Crippen LogP contribution in [-0.4, -0.2) is 29.3 Å². The molecule has 1 aliphatic rings. The Kier molecular flexibility index (Phi) is 6.62. The van der Waals surface area contributed by atoms with E-state index < -0.39 is 71.9 Å². The van der Waals surface area contributed by atoms with E-state index >= 15 is 0 Å². The minimum atomic E-state index is -4.96. The summed E-state index contributed by atoms with van der Waals surface area (Å²) in [6.45, 7) is -4.07. The van der Waals surface area contributed by atoms with Gasteiger partial charge in [0.05, 0.1) is 10.0 Å². The first-order valence-corrected chi connectivity index (χ1v) is 9.78. The van der Waals surface area contributed by atoms with Gasteiger partial charge in [0.15, 0.2) is 11.2 Å². The Balaban J connectivity index is 2.18. The number of benzene rings is 1. The van der Waals surface area contributed by atoms with Crippen LogP contribution >= 0.6 is 15.9 Å². The lowest BCUT2D eigenvalue weighted by Gasteiger charge is -2.36. The summed E-state index contributed by atoms with van der Waals surface area (Å²) in [7, 11) is 1.10. The molecule has 1 aliphatic carbocycles. The van der Waals surface area contributed by atoms with Gasteiger partial charge in [0.1, 0.15) is 11.9 Å². The van der Waals surface area contributed by atoms with Crippen LogP contribution in [0.25, 0.3) is 0 Å². The molecule has 0 amide bonds. The number of aliphatic hydroxyl groups is 1. The number of alkyl halides is 7. The molecule has 2 aromatic rings. The van der Waals surface area contributed by atoms with Crippen molar-refractivity contribution >= 4 is 15.9 Å². The van der Waals surface area contributed by atoms with Crippen LogP contribution < -0.4 is 10.2 Å². The Labute approximate surface area is 184 Å². The van der Waals surface area contributed by atoms with E-state index in [1.807, 2.05) is 0 Å². The molecule has 0 bridgehead atoms. The van der Waals surface area contributed by atoms with Gasteiger partial charge in [-0.25, -0.2) is 13.2 Å². The molecule has 0 radical (unpaired) electrons. The smallest absolute Gasteiger partial charge is 0.417 e. The summed E-state index contributed by atoms with van der Waals surface area (Å²) >= 11 is 2.85. The zero-order valence-corrected chi connectivity index (χ0v) is 17.7. The van der Waals surface area contributed by atoms with Gasteiger partial charge in [0, 0.05) is 37.7 Å². The molecule has 1 heterocycles. The van der Waals surface area contributed by atoms with Crippen molar-refractivity contribution in [3.05, 3.63) is 56.9 Å². The zero-order valence-electron chi connectivity index (χ0n) is 16.1. The van der Waals surface area contributed by atoms with E-state index in [0.717, 1.165) is 11.6 Å². The normalized spacial score (nSPS) is 21.1. The highest BCUT2D eigenvalue weighted by Crippen LogP contribution is 2.49. The predicted octanol–water partition coefficient (Wildman–Crippen LogP) is 5.40. The van der Waals surface area contributed by atoms with E-state index in [0.29, 0.717) is 12.3 Å². The van der Waals surface area contributed by atoms with Crippen LogP contribution in [0.2, 0.25) is 0 Å². The van der Waals surface area contributed by atoms with Crippen molar-refractivity contribution in [2.45, 2.75) is 43.7 Å². The van der Waals surface area contributed by atoms with E-state index in [9.17, 15) is 40.2 Å². The minimum absolute atomic E-state index is 0.0487. The minimum Gasteiger partial charge on any atom is -0.431 e. The molecule has 0 saturated heterocycles. The Morgan fingerprint density at radius 1 is 1.31 bits per heavy atom.